The van der Waals surface area contributed by atoms with Gasteiger partial charge in [0.05, 0.1) is 0 Å². The van der Waals surface area contributed by atoms with E-state index >= 15 is 0 Å². The van der Waals surface area contributed by atoms with E-state index in [1.165, 1.54) is 5.56 Å². The number of rotatable bonds is 7. The molecule has 0 heterocycles. The molecular formula is C18H21NO. The van der Waals surface area contributed by atoms with E-state index in [4.69, 9.17) is 0 Å². The summed E-state index contributed by atoms with van der Waals surface area (Å²) in [5, 5.41) is 3.50. The van der Waals surface area contributed by atoms with Crippen LogP contribution in [0.5, 0.6) is 0 Å². The van der Waals surface area contributed by atoms with Crippen molar-refractivity contribution in [2.45, 2.75) is 25.8 Å². The van der Waals surface area contributed by atoms with Gasteiger partial charge in [0.2, 0.25) is 0 Å². The van der Waals surface area contributed by atoms with Gasteiger partial charge >= 0.3 is 0 Å². The first-order valence-electron chi connectivity index (χ1n) is 7.12. The second-order valence-electron chi connectivity index (χ2n) is 5.05. The smallest absolute Gasteiger partial charge is 0.150 e. The largest absolute Gasteiger partial charge is 0.310 e. The highest BCUT2D eigenvalue weighted by molar-refractivity contribution is 5.74. The zero-order valence-electron chi connectivity index (χ0n) is 11.9. The normalized spacial score (nSPS) is 12.1. The zero-order chi connectivity index (χ0) is 14.2. The van der Waals surface area contributed by atoms with Gasteiger partial charge in [-0.15, -0.1) is 0 Å². The van der Waals surface area contributed by atoms with E-state index in [1.54, 1.807) is 0 Å². The molecular weight excluding hydrogens is 246 g/mol. The molecule has 2 nitrogen and oxygen atoms in total. The molecule has 0 saturated heterocycles. The molecule has 1 unspecified atom stereocenters. The average molecular weight is 267 g/mol. The van der Waals surface area contributed by atoms with Crippen molar-refractivity contribution in [1.82, 2.24) is 5.32 Å². The van der Waals surface area contributed by atoms with Crippen molar-refractivity contribution < 1.29 is 4.79 Å². The van der Waals surface area contributed by atoms with E-state index in [0.717, 1.165) is 36.8 Å². The second-order valence-corrected chi connectivity index (χ2v) is 5.05. The maximum absolute atomic E-state index is 10.8. The third-order valence-electron chi connectivity index (χ3n) is 3.48. The van der Waals surface area contributed by atoms with Gasteiger partial charge < -0.3 is 5.32 Å². The Kier molecular flexibility index (Phi) is 5.51. The number of carbonyl (C=O) groups is 1. The first kappa shape index (κ1) is 14.5. The predicted octanol–water partition coefficient (Wildman–Crippen LogP) is 3.78. The van der Waals surface area contributed by atoms with Gasteiger partial charge in [-0.3, -0.25) is 4.79 Å². The Morgan fingerprint density at radius 3 is 2.65 bits per heavy atom. The fourth-order valence-corrected chi connectivity index (χ4v) is 2.28. The zero-order valence-corrected chi connectivity index (χ0v) is 11.9. The van der Waals surface area contributed by atoms with E-state index in [0.29, 0.717) is 0 Å². The fraction of sp³-hybridized carbons (Fsp3) is 0.278. The van der Waals surface area contributed by atoms with Crippen LogP contribution in [0, 0.1) is 0 Å². The minimum atomic E-state index is 0.269. The van der Waals surface area contributed by atoms with Crippen LogP contribution in [0.2, 0.25) is 0 Å². The number of hydrogen-bond donors (Lipinski definition) is 1. The van der Waals surface area contributed by atoms with E-state index in [9.17, 15) is 4.79 Å². The maximum atomic E-state index is 10.8. The van der Waals surface area contributed by atoms with Crippen LogP contribution in [0.1, 0.15) is 40.9 Å². The molecule has 20 heavy (non-hydrogen) atoms. The third kappa shape index (κ3) is 4.32. The second kappa shape index (κ2) is 7.61. The number of benzene rings is 2. The summed E-state index contributed by atoms with van der Waals surface area (Å²) in [6, 6.07) is 18.6. The van der Waals surface area contributed by atoms with Crippen LogP contribution in [0.4, 0.5) is 0 Å². The quantitative estimate of drug-likeness (QED) is 0.611. The molecule has 0 aromatic heterocycles. The minimum absolute atomic E-state index is 0.269. The maximum Gasteiger partial charge on any atom is 0.150 e. The van der Waals surface area contributed by atoms with E-state index in [1.807, 2.05) is 24.3 Å². The lowest BCUT2D eigenvalue weighted by Crippen LogP contribution is -2.20. The lowest BCUT2D eigenvalue weighted by Gasteiger charge is -2.14. The van der Waals surface area contributed by atoms with Crippen LogP contribution < -0.4 is 5.32 Å². The molecule has 2 rings (SSSR count). The highest BCUT2D eigenvalue weighted by Gasteiger charge is 2.04. The van der Waals surface area contributed by atoms with Gasteiger partial charge in [-0.1, -0.05) is 48.5 Å². The molecule has 1 atom stereocenters. The van der Waals surface area contributed by atoms with Gasteiger partial charge in [0.25, 0.3) is 0 Å². The van der Waals surface area contributed by atoms with Crippen LogP contribution in [0.15, 0.2) is 54.6 Å². The topological polar surface area (TPSA) is 29.1 Å². The van der Waals surface area contributed by atoms with Gasteiger partial charge in [0.1, 0.15) is 6.29 Å². The van der Waals surface area contributed by atoms with Crippen molar-refractivity contribution in [3.8, 4) is 0 Å². The first-order chi connectivity index (χ1) is 9.79. The monoisotopic (exact) mass is 267 g/mol. The van der Waals surface area contributed by atoms with Crippen LogP contribution >= 0.6 is 0 Å². The molecule has 2 heteroatoms. The highest BCUT2D eigenvalue weighted by atomic mass is 16.1. The molecule has 2 aromatic carbocycles. The number of nitrogens with one attached hydrogen (secondary N) is 1. The third-order valence-corrected chi connectivity index (χ3v) is 3.48. The molecule has 1 N–H and O–H groups in total. The molecule has 2 aromatic rings. The number of carbonyl (C=O) groups excluding carboxylic acids is 1. The predicted molar refractivity (Wildman–Crippen MR) is 83.0 cm³/mol. The van der Waals surface area contributed by atoms with E-state index in [-0.39, 0.29) is 6.04 Å². The molecule has 0 radical (unpaired) electrons. The fourth-order valence-electron chi connectivity index (χ4n) is 2.28. The Balaban J connectivity index is 1.77. The van der Waals surface area contributed by atoms with Crippen molar-refractivity contribution >= 4 is 6.29 Å². The highest BCUT2D eigenvalue weighted by Crippen LogP contribution is 2.13. The summed E-state index contributed by atoms with van der Waals surface area (Å²) in [5.74, 6) is 0. The molecule has 0 fully saturated rings. The van der Waals surface area contributed by atoms with Gasteiger partial charge in [-0.2, -0.15) is 0 Å². The van der Waals surface area contributed by atoms with E-state index < -0.39 is 0 Å². The molecule has 0 spiro atoms. The van der Waals surface area contributed by atoms with Crippen LogP contribution in [-0.4, -0.2) is 12.8 Å². The van der Waals surface area contributed by atoms with Gasteiger partial charge in [-0.25, -0.2) is 0 Å². The summed E-state index contributed by atoms with van der Waals surface area (Å²) in [6.45, 7) is 3.10. The van der Waals surface area contributed by atoms with Gasteiger partial charge in [-0.05, 0) is 43.5 Å². The number of aryl methyl sites for hydroxylation is 1. The van der Waals surface area contributed by atoms with Crippen molar-refractivity contribution in [2.24, 2.45) is 0 Å². The molecule has 0 bridgehead atoms. The molecule has 0 aliphatic rings. The molecule has 104 valence electrons. The molecule has 0 aliphatic carbocycles. The summed E-state index contributed by atoms with van der Waals surface area (Å²) in [4.78, 5) is 10.8. The lowest BCUT2D eigenvalue weighted by molar-refractivity contribution is 0.112. The summed E-state index contributed by atoms with van der Waals surface area (Å²) >= 11 is 0. The standard InChI is InChI=1S/C18H21NO/c1-15(18-11-5-9-17(13-18)14-20)19-12-6-10-16-7-3-2-4-8-16/h2-5,7-9,11,13-15,19H,6,10,12H2,1H3. The summed E-state index contributed by atoms with van der Waals surface area (Å²) in [5.41, 5.74) is 3.28. The number of hydrogen-bond acceptors (Lipinski definition) is 2. The summed E-state index contributed by atoms with van der Waals surface area (Å²) < 4.78 is 0. The Hall–Kier alpha value is -1.93. The van der Waals surface area contributed by atoms with Crippen molar-refractivity contribution in [2.75, 3.05) is 6.54 Å². The molecule has 0 aliphatic heterocycles. The minimum Gasteiger partial charge on any atom is -0.310 e. The molecule has 0 saturated carbocycles. The summed E-state index contributed by atoms with van der Waals surface area (Å²) in [6.07, 6.45) is 3.10. The van der Waals surface area contributed by atoms with Gasteiger partial charge in [0.15, 0.2) is 0 Å². The van der Waals surface area contributed by atoms with Crippen LogP contribution in [0.25, 0.3) is 0 Å². The Bertz CT molecular complexity index is 536. The van der Waals surface area contributed by atoms with Crippen LogP contribution in [-0.2, 0) is 6.42 Å². The summed E-state index contributed by atoms with van der Waals surface area (Å²) in [7, 11) is 0. The Morgan fingerprint density at radius 2 is 1.90 bits per heavy atom. The molecule has 0 amide bonds. The Labute approximate surface area is 120 Å². The Morgan fingerprint density at radius 1 is 1.10 bits per heavy atom. The average Bonchev–Trinajstić information content (AvgIpc) is 2.52. The van der Waals surface area contributed by atoms with Crippen LogP contribution in [0.3, 0.4) is 0 Å². The van der Waals surface area contributed by atoms with E-state index in [2.05, 4.69) is 42.6 Å². The van der Waals surface area contributed by atoms with Crippen molar-refractivity contribution in [3.05, 3.63) is 71.3 Å². The van der Waals surface area contributed by atoms with Crippen molar-refractivity contribution in [1.29, 1.82) is 0 Å². The number of aldehydes is 1. The SMILES string of the molecule is CC(NCCCc1ccccc1)c1cccc(C=O)c1. The van der Waals surface area contributed by atoms with Crippen molar-refractivity contribution in [3.63, 3.8) is 0 Å². The van der Waals surface area contributed by atoms with Gasteiger partial charge in [0, 0.05) is 11.6 Å². The lowest BCUT2D eigenvalue weighted by atomic mass is 10.1. The first-order valence-corrected chi connectivity index (χ1v) is 7.12.